The first kappa shape index (κ1) is 13.9. The van der Waals surface area contributed by atoms with Gasteiger partial charge in [0, 0.05) is 18.8 Å². The maximum Gasteiger partial charge on any atom is 0.228 e. The lowest BCUT2D eigenvalue weighted by molar-refractivity contribution is 0.402. The topological polar surface area (TPSA) is 97.5 Å². The van der Waals surface area contributed by atoms with Crippen LogP contribution in [0.3, 0.4) is 0 Å². The Balaban J connectivity index is 2.76. The van der Waals surface area contributed by atoms with Crippen molar-refractivity contribution in [1.29, 1.82) is 0 Å². The van der Waals surface area contributed by atoms with Crippen molar-refractivity contribution in [3.8, 4) is 0 Å². The molecule has 0 aromatic rings. The van der Waals surface area contributed by atoms with Crippen molar-refractivity contribution < 1.29 is 16.8 Å². The van der Waals surface area contributed by atoms with Gasteiger partial charge in [0.25, 0.3) is 0 Å². The van der Waals surface area contributed by atoms with Gasteiger partial charge in [-0.05, 0) is 25.8 Å². The van der Waals surface area contributed by atoms with Gasteiger partial charge in [-0.1, -0.05) is 0 Å². The highest BCUT2D eigenvalue weighted by Gasteiger charge is 2.38. The summed E-state index contributed by atoms with van der Waals surface area (Å²) in [7, 11) is -7.22. The monoisotopic (exact) mass is 270 g/mol. The van der Waals surface area contributed by atoms with E-state index in [9.17, 15) is 16.8 Å². The number of nitrogens with zero attached hydrogens (tertiary/aromatic N) is 1. The van der Waals surface area contributed by atoms with E-state index in [2.05, 4.69) is 0 Å². The van der Waals surface area contributed by atoms with Gasteiger partial charge in [0.1, 0.15) is 0 Å². The zero-order valence-electron chi connectivity index (χ0n) is 9.29. The summed E-state index contributed by atoms with van der Waals surface area (Å²) in [5.41, 5.74) is 5.33. The SMILES string of the molecule is CS(=O)(=O)CS(=O)(=O)N(CCCN)C1CC1. The van der Waals surface area contributed by atoms with Crippen molar-refractivity contribution in [2.45, 2.75) is 25.3 Å². The summed E-state index contributed by atoms with van der Waals surface area (Å²) in [5, 5.41) is -0.804. The molecule has 0 heterocycles. The molecule has 0 amide bonds. The van der Waals surface area contributed by atoms with Gasteiger partial charge in [0.2, 0.25) is 10.0 Å². The summed E-state index contributed by atoms with van der Waals surface area (Å²) in [6.07, 6.45) is 3.11. The largest absolute Gasteiger partial charge is 0.330 e. The van der Waals surface area contributed by atoms with E-state index in [1.807, 2.05) is 0 Å². The normalized spacial score (nSPS) is 17.9. The summed E-state index contributed by atoms with van der Waals surface area (Å²) in [5.74, 6) is 0. The van der Waals surface area contributed by atoms with Crippen LogP contribution in [-0.4, -0.2) is 51.6 Å². The Labute approximate surface area is 96.8 Å². The highest BCUT2D eigenvalue weighted by molar-refractivity contribution is 8.06. The Bertz CT molecular complexity index is 425. The van der Waals surface area contributed by atoms with Crippen molar-refractivity contribution in [3.63, 3.8) is 0 Å². The summed E-state index contributed by atoms with van der Waals surface area (Å²) in [4.78, 5) is 0. The first-order valence-corrected chi connectivity index (χ1v) is 8.80. The maximum absolute atomic E-state index is 11.8. The van der Waals surface area contributed by atoms with Gasteiger partial charge < -0.3 is 5.73 Å². The molecule has 1 fully saturated rings. The molecule has 0 aromatic carbocycles. The molecule has 1 aliphatic rings. The summed E-state index contributed by atoms with van der Waals surface area (Å²) in [6.45, 7) is 0.719. The van der Waals surface area contributed by atoms with Gasteiger partial charge in [-0.25, -0.2) is 16.8 Å². The minimum absolute atomic E-state index is 0.0155. The lowest BCUT2D eigenvalue weighted by Crippen LogP contribution is -2.38. The Kier molecular flexibility index (Phi) is 4.33. The maximum atomic E-state index is 11.8. The summed E-state index contributed by atoms with van der Waals surface area (Å²) < 4.78 is 47.0. The van der Waals surface area contributed by atoms with E-state index in [0.717, 1.165) is 19.1 Å². The van der Waals surface area contributed by atoms with Crippen LogP contribution in [0.2, 0.25) is 0 Å². The van der Waals surface area contributed by atoms with E-state index in [1.54, 1.807) is 0 Å². The third-order valence-corrected chi connectivity index (χ3v) is 6.36. The molecule has 2 N–H and O–H groups in total. The third-order valence-electron chi connectivity index (χ3n) is 2.26. The summed E-state index contributed by atoms with van der Waals surface area (Å²) >= 11 is 0. The smallest absolute Gasteiger partial charge is 0.228 e. The molecule has 1 saturated carbocycles. The average molecular weight is 270 g/mol. The van der Waals surface area contributed by atoms with Gasteiger partial charge in [0.15, 0.2) is 14.9 Å². The first-order chi connectivity index (χ1) is 7.26. The van der Waals surface area contributed by atoms with Crippen LogP contribution in [0, 0.1) is 0 Å². The van der Waals surface area contributed by atoms with Crippen molar-refractivity contribution >= 4 is 19.9 Å². The Morgan fingerprint density at radius 2 is 1.81 bits per heavy atom. The number of sulfonamides is 1. The summed E-state index contributed by atoms with van der Waals surface area (Å²) in [6, 6.07) is -0.0155. The van der Waals surface area contributed by atoms with Crippen molar-refractivity contribution in [1.82, 2.24) is 4.31 Å². The minimum Gasteiger partial charge on any atom is -0.330 e. The predicted octanol–water partition coefficient (Wildman–Crippen LogP) is -0.868. The molecule has 0 unspecified atom stereocenters. The number of hydrogen-bond donors (Lipinski definition) is 1. The van der Waals surface area contributed by atoms with Gasteiger partial charge >= 0.3 is 0 Å². The van der Waals surface area contributed by atoms with Crippen LogP contribution in [0.5, 0.6) is 0 Å². The fourth-order valence-electron chi connectivity index (χ4n) is 1.50. The molecule has 16 heavy (non-hydrogen) atoms. The zero-order chi connectivity index (χ0) is 12.4. The second-order valence-corrected chi connectivity index (χ2v) is 8.57. The molecule has 0 saturated heterocycles. The standard InChI is InChI=1S/C8H18N2O4S2/c1-15(11,12)7-16(13,14)10(6-2-5-9)8-3-4-8/h8H,2-7,9H2,1H3. The second-order valence-electron chi connectivity index (χ2n) is 4.14. The van der Waals surface area contributed by atoms with Crippen LogP contribution >= 0.6 is 0 Å². The fourth-order valence-corrected chi connectivity index (χ4v) is 5.27. The number of rotatable bonds is 7. The van der Waals surface area contributed by atoms with Crippen molar-refractivity contribution in [2.24, 2.45) is 5.73 Å². The lowest BCUT2D eigenvalue weighted by Gasteiger charge is -2.20. The minimum atomic E-state index is -3.70. The van der Waals surface area contributed by atoms with Gasteiger partial charge in [-0.2, -0.15) is 4.31 Å². The molecule has 0 aromatic heterocycles. The number of nitrogens with two attached hydrogens (primary N) is 1. The van der Waals surface area contributed by atoms with Crippen LogP contribution in [0.1, 0.15) is 19.3 Å². The zero-order valence-corrected chi connectivity index (χ0v) is 10.9. The van der Waals surface area contributed by atoms with Gasteiger partial charge in [-0.3, -0.25) is 0 Å². The third kappa shape index (κ3) is 4.36. The number of sulfone groups is 1. The molecule has 0 radical (unpaired) electrons. The second kappa shape index (κ2) is 4.99. The highest BCUT2D eigenvalue weighted by Crippen LogP contribution is 2.29. The van der Waals surface area contributed by atoms with Gasteiger partial charge in [0.05, 0.1) is 0 Å². The Morgan fingerprint density at radius 3 is 2.19 bits per heavy atom. The first-order valence-electron chi connectivity index (χ1n) is 5.13. The predicted molar refractivity (Wildman–Crippen MR) is 62.0 cm³/mol. The molecular weight excluding hydrogens is 252 g/mol. The molecule has 0 spiro atoms. The van der Waals surface area contributed by atoms with Crippen molar-refractivity contribution in [3.05, 3.63) is 0 Å². The molecule has 8 heteroatoms. The van der Waals surface area contributed by atoms with E-state index in [0.29, 0.717) is 19.5 Å². The van der Waals surface area contributed by atoms with Crippen LogP contribution in [-0.2, 0) is 19.9 Å². The average Bonchev–Trinajstić information content (AvgIpc) is 2.83. The molecule has 96 valence electrons. The molecular formula is C8H18N2O4S2. The van der Waals surface area contributed by atoms with Gasteiger partial charge in [-0.15, -0.1) is 0 Å². The van der Waals surface area contributed by atoms with E-state index >= 15 is 0 Å². The van der Waals surface area contributed by atoms with E-state index in [1.165, 1.54) is 4.31 Å². The highest BCUT2D eigenvalue weighted by atomic mass is 32.3. The molecule has 6 nitrogen and oxygen atoms in total. The molecule has 0 aliphatic heterocycles. The molecule has 1 rings (SSSR count). The van der Waals surface area contributed by atoms with Crippen molar-refractivity contribution in [2.75, 3.05) is 24.4 Å². The van der Waals surface area contributed by atoms with E-state index < -0.39 is 24.9 Å². The Morgan fingerprint density at radius 1 is 1.25 bits per heavy atom. The van der Waals surface area contributed by atoms with E-state index in [4.69, 9.17) is 5.73 Å². The van der Waals surface area contributed by atoms with Crippen LogP contribution in [0.4, 0.5) is 0 Å². The molecule has 0 bridgehead atoms. The molecule has 1 aliphatic carbocycles. The molecule has 0 atom stereocenters. The van der Waals surface area contributed by atoms with Crippen LogP contribution < -0.4 is 5.73 Å². The Hall–Kier alpha value is -0.180. The van der Waals surface area contributed by atoms with Crippen LogP contribution in [0.15, 0.2) is 0 Å². The lowest BCUT2D eigenvalue weighted by atomic mass is 10.4. The van der Waals surface area contributed by atoms with E-state index in [-0.39, 0.29) is 6.04 Å². The number of hydrogen-bond acceptors (Lipinski definition) is 5. The fraction of sp³-hybridized carbons (Fsp3) is 1.00. The quantitative estimate of drug-likeness (QED) is 0.648. The van der Waals surface area contributed by atoms with Crippen LogP contribution in [0.25, 0.3) is 0 Å².